The third kappa shape index (κ3) is 5.56. The summed E-state index contributed by atoms with van der Waals surface area (Å²) in [6.07, 6.45) is 11.1. The largest absolute Gasteiger partial charge is 0.453 e. The Morgan fingerprint density at radius 1 is 1.11 bits per heavy atom. The van der Waals surface area contributed by atoms with Crippen molar-refractivity contribution in [1.82, 2.24) is 5.32 Å². The molecule has 1 atom stereocenters. The number of hydrogen-bond donors (Lipinski definition) is 1. The minimum atomic E-state index is -0.187. The molecule has 0 saturated heterocycles. The summed E-state index contributed by atoms with van der Waals surface area (Å²) >= 11 is 0. The highest BCUT2D eigenvalue weighted by Crippen LogP contribution is 2.19. The van der Waals surface area contributed by atoms with Crippen molar-refractivity contribution in [2.45, 2.75) is 71.3 Å². The van der Waals surface area contributed by atoms with E-state index in [1.165, 1.54) is 25.7 Å². The molecule has 0 fully saturated rings. The van der Waals surface area contributed by atoms with Crippen LogP contribution in [-0.2, 0) is 9.53 Å². The van der Waals surface area contributed by atoms with Gasteiger partial charge in [-0.25, -0.2) is 4.79 Å². The van der Waals surface area contributed by atoms with Crippen LogP contribution in [0.3, 0.4) is 0 Å². The fourth-order valence-corrected chi connectivity index (χ4v) is 2.18. The van der Waals surface area contributed by atoms with Gasteiger partial charge in [0, 0.05) is 12.6 Å². The molecule has 1 unspecified atom stereocenters. The van der Waals surface area contributed by atoms with E-state index in [0.717, 1.165) is 37.9 Å². The Morgan fingerprint density at radius 2 is 1.83 bits per heavy atom. The molecular weight excluding hydrogens is 226 g/mol. The summed E-state index contributed by atoms with van der Waals surface area (Å²) in [5.41, 5.74) is 0.990. The van der Waals surface area contributed by atoms with Gasteiger partial charge in [-0.05, 0) is 19.3 Å². The Morgan fingerprint density at radius 3 is 2.56 bits per heavy atom. The molecule has 1 heterocycles. The number of carbonyl (C=O) groups excluding carboxylic acids is 1. The van der Waals surface area contributed by atoms with E-state index in [-0.39, 0.29) is 12.1 Å². The van der Waals surface area contributed by atoms with E-state index in [4.69, 9.17) is 4.74 Å². The second-order valence-electron chi connectivity index (χ2n) is 5.01. The van der Waals surface area contributed by atoms with E-state index in [2.05, 4.69) is 19.2 Å². The van der Waals surface area contributed by atoms with Crippen LogP contribution in [0.4, 0.5) is 0 Å². The maximum atomic E-state index is 11.3. The van der Waals surface area contributed by atoms with Crippen molar-refractivity contribution in [3.8, 4) is 0 Å². The van der Waals surface area contributed by atoms with Crippen LogP contribution in [-0.4, -0.2) is 18.6 Å². The molecule has 3 heteroatoms. The van der Waals surface area contributed by atoms with Crippen LogP contribution < -0.4 is 5.32 Å². The maximum Gasteiger partial charge on any atom is 0.333 e. The molecule has 1 N–H and O–H groups in total. The van der Waals surface area contributed by atoms with Crippen LogP contribution >= 0.6 is 0 Å². The summed E-state index contributed by atoms with van der Waals surface area (Å²) in [5, 5.41) is 3.33. The zero-order valence-corrected chi connectivity index (χ0v) is 11.8. The van der Waals surface area contributed by atoms with Gasteiger partial charge in [-0.1, -0.05) is 46.0 Å². The summed E-state index contributed by atoms with van der Waals surface area (Å²) < 4.78 is 5.32. The van der Waals surface area contributed by atoms with Crippen molar-refractivity contribution in [2.75, 3.05) is 6.54 Å². The van der Waals surface area contributed by atoms with Crippen LogP contribution in [0.25, 0.3) is 0 Å². The number of cyclic esters (lactones) is 1. The van der Waals surface area contributed by atoms with Crippen LogP contribution in [0, 0.1) is 0 Å². The summed E-state index contributed by atoms with van der Waals surface area (Å²) in [4.78, 5) is 11.3. The van der Waals surface area contributed by atoms with Gasteiger partial charge < -0.3 is 10.1 Å². The molecule has 1 aliphatic rings. The van der Waals surface area contributed by atoms with Crippen LogP contribution in [0.1, 0.15) is 65.2 Å². The van der Waals surface area contributed by atoms with Gasteiger partial charge in [-0.2, -0.15) is 0 Å². The summed E-state index contributed by atoms with van der Waals surface area (Å²) in [6.45, 7) is 5.32. The quantitative estimate of drug-likeness (QED) is 0.478. The molecule has 0 radical (unpaired) electrons. The topological polar surface area (TPSA) is 38.3 Å². The SMILES string of the molecule is CCCCCCCC1OC(=O)C=C1NCCCC. The summed E-state index contributed by atoms with van der Waals surface area (Å²) in [7, 11) is 0. The zero-order chi connectivity index (χ0) is 13.2. The number of ether oxygens (including phenoxy) is 1. The van der Waals surface area contributed by atoms with Gasteiger partial charge in [-0.15, -0.1) is 0 Å². The number of nitrogens with one attached hydrogen (secondary N) is 1. The average Bonchev–Trinajstić information content (AvgIpc) is 2.70. The predicted octanol–water partition coefficient (Wildman–Crippen LogP) is 3.55. The molecule has 0 aromatic heterocycles. The monoisotopic (exact) mass is 253 g/mol. The molecule has 1 aliphatic heterocycles. The smallest absolute Gasteiger partial charge is 0.333 e. The van der Waals surface area contributed by atoms with E-state index in [1.807, 2.05) is 0 Å². The van der Waals surface area contributed by atoms with Crippen molar-refractivity contribution >= 4 is 5.97 Å². The van der Waals surface area contributed by atoms with Gasteiger partial charge in [-0.3, -0.25) is 0 Å². The normalized spacial score (nSPS) is 18.7. The highest BCUT2D eigenvalue weighted by molar-refractivity contribution is 5.85. The summed E-state index contributed by atoms with van der Waals surface area (Å²) in [6, 6.07) is 0. The lowest BCUT2D eigenvalue weighted by atomic mass is 10.1. The Hall–Kier alpha value is -0.990. The standard InChI is InChI=1S/C15H27NO2/c1-3-5-7-8-9-10-14-13(12-15(17)18-14)16-11-6-4-2/h12,14,16H,3-11H2,1-2H3. The zero-order valence-electron chi connectivity index (χ0n) is 11.8. The molecule has 0 spiro atoms. The molecule has 1 rings (SSSR count). The lowest BCUT2D eigenvalue weighted by molar-refractivity contribution is -0.139. The first-order chi connectivity index (χ1) is 8.77. The molecule has 3 nitrogen and oxygen atoms in total. The Kier molecular flexibility index (Phi) is 7.54. The van der Waals surface area contributed by atoms with E-state index in [0.29, 0.717) is 0 Å². The average molecular weight is 253 g/mol. The summed E-state index contributed by atoms with van der Waals surface area (Å²) in [5.74, 6) is -0.187. The first-order valence-electron chi connectivity index (χ1n) is 7.44. The van der Waals surface area contributed by atoms with Crippen molar-refractivity contribution in [1.29, 1.82) is 0 Å². The van der Waals surface area contributed by atoms with Crippen molar-refractivity contribution in [2.24, 2.45) is 0 Å². The minimum Gasteiger partial charge on any atom is -0.453 e. The van der Waals surface area contributed by atoms with Crippen molar-refractivity contribution in [3.05, 3.63) is 11.8 Å². The van der Waals surface area contributed by atoms with Gasteiger partial charge >= 0.3 is 5.97 Å². The van der Waals surface area contributed by atoms with Crippen LogP contribution in [0.15, 0.2) is 11.8 Å². The Labute approximate surface area is 111 Å². The van der Waals surface area contributed by atoms with E-state index >= 15 is 0 Å². The van der Waals surface area contributed by atoms with E-state index in [1.54, 1.807) is 6.08 Å². The minimum absolute atomic E-state index is 0.0176. The highest BCUT2D eigenvalue weighted by atomic mass is 16.5. The highest BCUT2D eigenvalue weighted by Gasteiger charge is 2.25. The fourth-order valence-electron chi connectivity index (χ4n) is 2.18. The van der Waals surface area contributed by atoms with Crippen molar-refractivity contribution < 1.29 is 9.53 Å². The molecule has 0 aliphatic carbocycles. The van der Waals surface area contributed by atoms with Gasteiger partial charge in [0.2, 0.25) is 0 Å². The number of rotatable bonds is 10. The van der Waals surface area contributed by atoms with Gasteiger partial charge in [0.1, 0.15) is 6.10 Å². The van der Waals surface area contributed by atoms with E-state index < -0.39 is 0 Å². The van der Waals surface area contributed by atoms with Crippen LogP contribution in [0.2, 0.25) is 0 Å². The molecule has 18 heavy (non-hydrogen) atoms. The number of hydrogen-bond acceptors (Lipinski definition) is 3. The van der Waals surface area contributed by atoms with Crippen molar-refractivity contribution in [3.63, 3.8) is 0 Å². The predicted molar refractivity (Wildman–Crippen MR) is 74.2 cm³/mol. The lowest BCUT2D eigenvalue weighted by Gasteiger charge is -2.15. The molecule has 0 saturated carbocycles. The molecular formula is C15H27NO2. The molecule has 0 aromatic rings. The maximum absolute atomic E-state index is 11.3. The molecule has 0 aromatic carbocycles. The third-order valence-electron chi connectivity index (χ3n) is 3.31. The number of unbranched alkanes of at least 4 members (excludes halogenated alkanes) is 5. The van der Waals surface area contributed by atoms with Gasteiger partial charge in [0.05, 0.1) is 5.70 Å². The number of esters is 1. The first-order valence-corrected chi connectivity index (χ1v) is 7.44. The molecule has 0 amide bonds. The van der Waals surface area contributed by atoms with Gasteiger partial charge in [0.25, 0.3) is 0 Å². The third-order valence-corrected chi connectivity index (χ3v) is 3.31. The number of carbonyl (C=O) groups is 1. The Balaban J connectivity index is 2.22. The lowest BCUT2D eigenvalue weighted by Crippen LogP contribution is -2.23. The second-order valence-corrected chi connectivity index (χ2v) is 5.01. The van der Waals surface area contributed by atoms with Crippen LogP contribution in [0.5, 0.6) is 0 Å². The first kappa shape index (κ1) is 15.1. The molecule has 0 bridgehead atoms. The van der Waals surface area contributed by atoms with E-state index in [9.17, 15) is 4.79 Å². The Bertz CT molecular complexity index is 274. The fraction of sp³-hybridized carbons (Fsp3) is 0.800. The second kappa shape index (κ2) is 9.01. The van der Waals surface area contributed by atoms with Gasteiger partial charge in [0.15, 0.2) is 0 Å². The molecule has 104 valence electrons.